The lowest BCUT2D eigenvalue weighted by Gasteiger charge is -2.59. The van der Waals surface area contributed by atoms with E-state index in [1.54, 1.807) is 6.07 Å². The molecular formula is C27H34F2N4O2. The van der Waals surface area contributed by atoms with Gasteiger partial charge < -0.3 is 10.4 Å². The fourth-order valence-corrected chi connectivity index (χ4v) is 7.81. The Labute approximate surface area is 205 Å². The molecule has 0 amide bonds. The second kappa shape index (κ2) is 8.85. The minimum Gasteiger partial charge on any atom is -0.481 e. The summed E-state index contributed by atoms with van der Waals surface area (Å²) in [6.45, 7) is 5.54. The van der Waals surface area contributed by atoms with Crippen LogP contribution in [0.4, 0.5) is 8.78 Å². The minimum atomic E-state index is -0.651. The SMILES string of the molecule is CC(C)(/C(=N\C#N)NC1C2CC3CC1CC(C(=O)O)(C3)C2)N1CCC(c2ccc(F)cc2F)CC1. The van der Waals surface area contributed by atoms with Crippen LogP contribution in [0.3, 0.4) is 0 Å². The Hall–Kier alpha value is -2.53. The lowest BCUT2D eigenvalue weighted by molar-refractivity contribution is -0.166. The number of carbonyl (C=O) groups is 1. The van der Waals surface area contributed by atoms with Gasteiger partial charge in [0.1, 0.15) is 17.5 Å². The maximum absolute atomic E-state index is 14.3. The van der Waals surface area contributed by atoms with Crippen LogP contribution in [0.1, 0.15) is 70.3 Å². The van der Waals surface area contributed by atoms with E-state index in [4.69, 9.17) is 0 Å². The number of nitrogens with one attached hydrogen (secondary N) is 1. The molecule has 188 valence electrons. The molecule has 2 N–H and O–H groups in total. The summed E-state index contributed by atoms with van der Waals surface area (Å²) in [4.78, 5) is 18.6. The van der Waals surface area contributed by atoms with Crippen molar-refractivity contribution in [2.24, 2.45) is 28.2 Å². The van der Waals surface area contributed by atoms with Gasteiger partial charge in [-0.05, 0) is 107 Å². The number of carboxylic acid groups (broad SMARTS) is 1. The maximum Gasteiger partial charge on any atom is 0.309 e. The summed E-state index contributed by atoms with van der Waals surface area (Å²) in [5.41, 5.74) is -0.538. The maximum atomic E-state index is 14.3. The van der Waals surface area contributed by atoms with E-state index < -0.39 is 28.6 Å². The Balaban J connectivity index is 1.29. The summed E-state index contributed by atoms with van der Waals surface area (Å²) in [7, 11) is 0. The predicted octanol–water partition coefficient (Wildman–Crippen LogP) is 4.67. The van der Waals surface area contributed by atoms with Crippen LogP contribution in [0, 0.1) is 46.3 Å². The molecule has 5 aliphatic rings. The largest absolute Gasteiger partial charge is 0.481 e. The van der Waals surface area contributed by atoms with Crippen LogP contribution in [-0.2, 0) is 4.79 Å². The van der Waals surface area contributed by atoms with Crippen LogP contribution in [0.5, 0.6) is 0 Å². The molecule has 35 heavy (non-hydrogen) atoms. The molecule has 1 aliphatic heterocycles. The van der Waals surface area contributed by atoms with Crippen LogP contribution in [0.15, 0.2) is 23.2 Å². The molecule has 1 saturated heterocycles. The molecule has 4 bridgehead atoms. The van der Waals surface area contributed by atoms with Crippen LogP contribution in [0.2, 0.25) is 0 Å². The van der Waals surface area contributed by atoms with Crippen molar-refractivity contribution in [3.8, 4) is 6.19 Å². The number of hydrogen-bond acceptors (Lipinski definition) is 4. The fourth-order valence-electron chi connectivity index (χ4n) is 7.81. The number of likely N-dealkylation sites (tertiary alicyclic amines) is 1. The summed E-state index contributed by atoms with van der Waals surface area (Å²) >= 11 is 0. The second-order valence-electron chi connectivity index (χ2n) is 11.8. The molecule has 8 heteroatoms. The second-order valence-corrected chi connectivity index (χ2v) is 11.8. The van der Waals surface area contributed by atoms with Gasteiger partial charge >= 0.3 is 5.97 Å². The molecule has 1 aromatic rings. The normalized spacial score (nSPS) is 33.5. The molecule has 6 nitrogen and oxygen atoms in total. The third-order valence-electron chi connectivity index (χ3n) is 9.46. The van der Waals surface area contributed by atoms with Crippen molar-refractivity contribution in [1.29, 1.82) is 5.26 Å². The summed E-state index contributed by atoms with van der Waals surface area (Å²) in [5, 5.41) is 23.1. The van der Waals surface area contributed by atoms with Gasteiger partial charge in [-0.2, -0.15) is 10.3 Å². The summed E-state index contributed by atoms with van der Waals surface area (Å²) in [6, 6.07) is 3.95. The van der Waals surface area contributed by atoms with E-state index in [1.807, 2.05) is 6.19 Å². The molecule has 4 saturated carbocycles. The van der Waals surface area contributed by atoms with Crippen molar-refractivity contribution in [3.05, 3.63) is 35.4 Å². The lowest BCUT2D eigenvalue weighted by atomic mass is 9.48. The molecule has 1 aromatic carbocycles. The number of carboxylic acids is 1. The highest BCUT2D eigenvalue weighted by Gasteiger charge is 2.59. The molecule has 1 heterocycles. The zero-order valence-electron chi connectivity index (χ0n) is 20.4. The summed E-state index contributed by atoms with van der Waals surface area (Å²) in [6.07, 6.45) is 7.73. The lowest BCUT2D eigenvalue weighted by Crippen LogP contribution is -2.65. The number of rotatable bonds is 5. The van der Waals surface area contributed by atoms with Gasteiger partial charge in [0.05, 0.1) is 11.0 Å². The Kier molecular flexibility index (Phi) is 6.11. The molecule has 2 unspecified atom stereocenters. The van der Waals surface area contributed by atoms with Gasteiger partial charge in [-0.15, -0.1) is 0 Å². The van der Waals surface area contributed by atoms with E-state index in [2.05, 4.69) is 29.1 Å². The number of nitriles is 1. The molecule has 4 aliphatic carbocycles. The Morgan fingerprint density at radius 2 is 1.86 bits per heavy atom. The number of hydrogen-bond donors (Lipinski definition) is 2. The van der Waals surface area contributed by atoms with Gasteiger partial charge in [-0.25, -0.2) is 8.78 Å². The Morgan fingerprint density at radius 1 is 1.20 bits per heavy atom. The van der Waals surface area contributed by atoms with E-state index in [0.29, 0.717) is 43.2 Å². The van der Waals surface area contributed by atoms with Gasteiger partial charge in [0.15, 0.2) is 0 Å². The minimum absolute atomic E-state index is 0.0311. The van der Waals surface area contributed by atoms with E-state index in [-0.39, 0.29) is 23.8 Å². The number of piperidine rings is 1. The first-order valence-corrected chi connectivity index (χ1v) is 12.8. The summed E-state index contributed by atoms with van der Waals surface area (Å²) < 4.78 is 27.7. The molecular weight excluding hydrogens is 450 g/mol. The van der Waals surface area contributed by atoms with E-state index in [0.717, 1.165) is 38.2 Å². The number of aliphatic carboxylic acids is 1. The standard InChI is InChI=1S/C27H34F2N4O2/c1-26(2,33-7-5-17(6-8-33)21-4-3-20(28)11-22(21)29)24(31-15-30)32-23-18-9-16-10-19(23)14-27(12-16,13-18)25(34)35/h3-4,11,16-19,23H,5-10,12-14H2,1-2H3,(H,31,32)(H,34,35). The molecule has 0 radical (unpaired) electrons. The van der Waals surface area contributed by atoms with Gasteiger partial charge in [0.25, 0.3) is 0 Å². The van der Waals surface area contributed by atoms with Crippen molar-refractivity contribution in [1.82, 2.24) is 10.2 Å². The smallest absolute Gasteiger partial charge is 0.309 e. The third-order valence-corrected chi connectivity index (χ3v) is 9.46. The first-order chi connectivity index (χ1) is 16.6. The Morgan fingerprint density at radius 3 is 2.43 bits per heavy atom. The van der Waals surface area contributed by atoms with Crippen molar-refractivity contribution >= 4 is 11.8 Å². The zero-order valence-corrected chi connectivity index (χ0v) is 20.4. The van der Waals surface area contributed by atoms with Gasteiger partial charge in [-0.3, -0.25) is 9.69 Å². The highest BCUT2D eigenvalue weighted by atomic mass is 19.1. The zero-order chi connectivity index (χ0) is 25.0. The monoisotopic (exact) mass is 484 g/mol. The van der Waals surface area contributed by atoms with Crippen LogP contribution < -0.4 is 5.32 Å². The van der Waals surface area contributed by atoms with Gasteiger partial charge in [-0.1, -0.05) is 6.07 Å². The van der Waals surface area contributed by atoms with Crippen molar-refractivity contribution in [2.45, 2.75) is 76.3 Å². The number of benzene rings is 1. The number of halogens is 2. The quantitative estimate of drug-likeness (QED) is 0.360. The van der Waals surface area contributed by atoms with Crippen LogP contribution >= 0.6 is 0 Å². The highest BCUT2D eigenvalue weighted by molar-refractivity contribution is 5.92. The molecule has 2 atom stereocenters. The van der Waals surface area contributed by atoms with Crippen molar-refractivity contribution < 1.29 is 18.7 Å². The van der Waals surface area contributed by atoms with E-state index in [9.17, 15) is 23.9 Å². The molecule has 6 rings (SSSR count). The number of amidine groups is 1. The predicted molar refractivity (Wildman–Crippen MR) is 128 cm³/mol. The van der Waals surface area contributed by atoms with Gasteiger partial charge in [0, 0.05) is 12.1 Å². The Bertz CT molecular complexity index is 1060. The number of nitrogens with zero attached hydrogens (tertiary/aromatic N) is 3. The van der Waals surface area contributed by atoms with Crippen molar-refractivity contribution in [3.63, 3.8) is 0 Å². The van der Waals surface area contributed by atoms with Gasteiger partial charge in [0.2, 0.25) is 6.19 Å². The van der Waals surface area contributed by atoms with Crippen LogP contribution in [0.25, 0.3) is 0 Å². The van der Waals surface area contributed by atoms with E-state index in [1.165, 1.54) is 6.07 Å². The average molecular weight is 485 g/mol. The number of aliphatic imine (C=N–C) groups is 1. The molecule has 5 fully saturated rings. The molecule has 0 aromatic heterocycles. The topological polar surface area (TPSA) is 88.7 Å². The van der Waals surface area contributed by atoms with Crippen molar-refractivity contribution in [2.75, 3.05) is 13.1 Å². The average Bonchev–Trinajstić information content (AvgIpc) is 2.80. The third kappa shape index (κ3) is 4.22. The van der Waals surface area contributed by atoms with E-state index >= 15 is 0 Å². The molecule has 0 spiro atoms. The first-order valence-electron chi connectivity index (χ1n) is 12.8. The highest BCUT2D eigenvalue weighted by Crippen LogP contribution is 2.60. The van der Waals surface area contributed by atoms with Crippen LogP contribution in [-0.4, -0.2) is 46.5 Å². The first kappa shape index (κ1) is 24.2. The summed E-state index contributed by atoms with van der Waals surface area (Å²) in [5.74, 6) is 0.00807. The fraction of sp³-hybridized carbons (Fsp3) is 0.667.